The van der Waals surface area contributed by atoms with Crippen molar-refractivity contribution in [3.63, 3.8) is 0 Å². The molecule has 0 unspecified atom stereocenters. The Balaban J connectivity index is 2.19. The Hall–Kier alpha value is -1.56. The fourth-order valence-electron chi connectivity index (χ4n) is 2.37. The third-order valence-electron chi connectivity index (χ3n) is 3.21. The molecule has 20 heavy (non-hydrogen) atoms. The van der Waals surface area contributed by atoms with E-state index < -0.39 is 17.6 Å². The highest BCUT2D eigenvalue weighted by Gasteiger charge is 2.42. The number of carboxylic acid groups (broad SMARTS) is 1. The van der Waals surface area contributed by atoms with Crippen molar-refractivity contribution in [2.45, 2.75) is 32.3 Å². The Bertz CT molecular complexity index is 492. The van der Waals surface area contributed by atoms with Gasteiger partial charge in [0.1, 0.15) is 5.60 Å². The third-order valence-corrected chi connectivity index (χ3v) is 4.21. The highest BCUT2D eigenvalue weighted by atomic mass is 32.1. The highest BCUT2D eigenvalue weighted by Crippen LogP contribution is 2.36. The summed E-state index contributed by atoms with van der Waals surface area (Å²) >= 11 is 1.55. The van der Waals surface area contributed by atoms with E-state index in [9.17, 15) is 9.59 Å². The number of hydrogen-bond donors (Lipinski definition) is 1. The van der Waals surface area contributed by atoms with Crippen molar-refractivity contribution in [2.24, 2.45) is 5.92 Å². The molecule has 0 spiro atoms. The van der Waals surface area contributed by atoms with E-state index in [1.54, 1.807) is 11.3 Å². The van der Waals surface area contributed by atoms with Gasteiger partial charge in [0.05, 0.1) is 5.92 Å². The van der Waals surface area contributed by atoms with Crippen LogP contribution in [0.2, 0.25) is 0 Å². The molecule has 2 rings (SSSR count). The van der Waals surface area contributed by atoms with Crippen LogP contribution >= 0.6 is 11.3 Å². The van der Waals surface area contributed by atoms with E-state index in [0.29, 0.717) is 6.54 Å². The van der Waals surface area contributed by atoms with Gasteiger partial charge in [-0.25, -0.2) is 4.79 Å². The van der Waals surface area contributed by atoms with Crippen molar-refractivity contribution < 1.29 is 19.4 Å². The molecule has 5 nitrogen and oxygen atoms in total. The van der Waals surface area contributed by atoms with E-state index in [0.717, 1.165) is 4.88 Å². The zero-order chi connectivity index (χ0) is 14.9. The van der Waals surface area contributed by atoms with Crippen molar-refractivity contribution in [1.82, 2.24) is 4.90 Å². The summed E-state index contributed by atoms with van der Waals surface area (Å²) in [6, 6.07) is 3.85. The number of esters is 1. The minimum Gasteiger partial charge on any atom is -0.465 e. The number of carbonyl (C=O) groups is 2. The van der Waals surface area contributed by atoms with Gasteiger partial charge < -0.3 is 14.7 Å². The molecular formula is C14H19NO4S. The van der Waals surface area contributed by atoms with E-state index in [4.69, 9.17) is 9.84 Å². The predicted octanol–water partition coefficient (Wildman–Crippen LogP) is 2.78. The van der Waals surface area contributed by atoms with Crippen molar-refractivity contribution in [3.8, 4) is 0 Å². The second-order valence-corrected chi connectivity index (χ2v) is 6.93. The molecule has 0 aliphatic carbocycles. The van der Waals surface area contributed by atoms with Crippen molar-refractivity contribution in [3.05, 3.63) is 22.4 Å². The van der Waals surface area contributed by atoms with Crippen molar-refractivity contribution in [1.29, 1.82) is 0 Å². The first-order valence-electron chi connectivity index (χ1n) is 6.52. The number of carbonyl (C=O) groups excluding carboxylic acids is 1. The monoisotopic (exact) mass is 297 g/mol. The summed E-state index contributed by atoms with van der Waals surface area (Å²) in [6.07, 6.45) is -0.988. The fourth-order valence-corrected chi connectivity index (χ4v) is 3.25. The number of thiophene rings is 1. The molecule has 2 heterocycles. The summed E-state index contributed by atoms with van der Waals surface area (Å²) in [6.45, 7) is 5.99. The molecule has 0 bridgehead atoms. The summed E-state index contributed by atoms with van der Waals surface area (Å²) in [5.41, 5.74) is -0.562. The second kappa shape index (κ2) is 5.44. The minimum absolute atomic E-state index is 0.110. The molecule has 1 aliphatic rings. The Morgan fingerprint density at radius 1 is 1.40 bits per heavy atom. The van der Waals surface area contributed by atoms with Crippen LogP contribution < -0.4 is 0 Å². The highest BCUT2D eigenvalue weighted by molar-refractivity contribution is 7.10. The zero-order valence-electron chi connectivity index (χ0n) is 11.8. The summed E-state index contributed by atoms with van der Waals surface area (Å²) in [7, 11) is 0. The van der Waals surface area contributed by atoms with Gasteiger partial charge in [0.15, 0.2) is 0 Å². The van der Waals surface area contributed by atoms with Gasteiger partial charge in [0, 0.05) is 23.9 Å². The van der Waals surface area contributed by atoms with E-state index in [-0.39, 0.29) is 18.4 Å². The number of nitrogens with zero attached hydrogens (tertiary/aromatic N) is 1. The molecule has 2 atom stereocenters. The van der Waals surface area contributed by atoms with Crippen molar-refractivity contribution in [2.75, 3.05) is 13.1 Å². The summed E-state index contributed by atoms with van der Waals surface area (Å²) in [5.74, 6) is -0.857. The molecule has 1 saturated heterocycles. The largest absolute Gasteiger partial charge is 0.465 e. The fraction of sp³-hybridized carbons (Fsp3) is 0.571. The van der Waals surface area contributed by atoms with Crippen LogP contribution in [0.15, 0.2) is 17.5 Å². The van der Waals surface area contributed by atoms with Gasteiger partial charge >= 0.3 is 12.1 Å². The van der Waals surface area contributed by atoms with E-state index in [1.165, 1.54) is 4.90 Å². The molecular weight excluding hydrogens is 278 g/mol. The van der Waals surface area contributed by atoms with Gasteiger partial charge in [-0.1, -0.05) is 6.07 Å². The van der Waals surface area contributed by atoms with Crippen LogP contribution in [0.3, 0.4) is 0 Å². The van der Waals surface area contributed by atoms with Crippen molar-refractivity contribution >= 4 is 23.4 Å². The lowest BCUT2D eigenvalue weighted by Gasteiger charge is -2.24. The Kier molecular flexibility index (Phi) is 4.04. The third kappa shape index (κ3) is 3.30. The van der Waals surface area contributed by atoms with Crippen LogP contribution in [0, 0.1) is 5.92 Å². The Labute approximate surface area is 122 Å². The van der Waals surface area contributed by atoms with E-state index in [2.05, 4.69) is 0 Å². The first-order valence-corrected chi connectivity index (χ1v) is 7.40. The standard InChI is InChI=1S/C14H19NO4S/c1-14(2,3)19-12(16)10-8-15(13(17)18)7-9(10)11-5-4-6-20-11/h4-6,9-10H,7-8H2,1-3H3,(H,17,18)/t9-,10-/m1/s1. The van der Waals surface area contributed by atoms with Gasteiger partial charge in [-0.15, -0.1) is 11.3 Å². The first-order chi connectivity index (χ1) is 9.28. The van der Waals surface area contributed by atoms with Crippen LogP contribution in [0.1, 0.15) is 31.6 Å². The molecule has 1 amide bonds. The summed E-state index contributed by atoms with van der Waals surface area (Å²) in [4.78, 5) is 25.8. The van der Waals surface area contributed by atoms with Crippen LogP contribution in [-0.4, -0.2) is 40.8 Å². The maximum Gasteiger partial charge on any atom is 0.407 e. The molecule has 1 aromatic heterocycles. The van der Waals surface area contributed by atoms with Crippen LogP contribution in [0.5, 0.6) is 0 Å². The quantitative estimate of drug-likeness (QED) is 0.852. The smallest absolute Gasteiger partial charge is 0.407 e. The SMILES string of the molecule is CC(C)(C)OC(=O)[C@@H]1CN(C(=O)O)C[C@H]1c1cccs1. The summed E-state index contributed by atoms with van der Waals surface area (Å²) in [5, 5.41) is 11.1. The molecule has 1 aliphatic heterocycles. The number of rotatable bonds is 2. The number of likely N-dealkylation sites (tertiary alicyclic amines) is 1. The van der Waals surface area contributed by atoms with E-state index in [1.807, 2.05) is 38.3 Å². The molecule has 1 fully saturated rings. The zero-order valence-corrected chi connectivity index (χ0v) is 12.6. The van der Waals surface area contributed by atoms with Gasteiger partial charge in [-0.05, 0) is 32.2 Å². The van der Waals surface area contributed by atoms with Gasteiger partial charge in [-0.2, -0.15) is 0 Å². The Morgan fingerprint density at radius 3 is 2.60 bits per heavy atom. The molecule has 1 aromatic rings. The molecule has 6 heteroatoms. The Morgan fingerprint density at radius 2 is 2.10 bits per heavy atom. The van der Waals surface area contributed by atoms with E-state index >= 15 is 0 Å². The topological polar surface area (TPSA) is 66.8 Å². The molecule has 0 aromatic carbocycles. The second-order valence-electron chi connectivity index (χ2n) is 5.95. The minimum atomic E-state index is -0.988. The van der Waals surface area contributed by atoms with Gasteiger partial charge in [-0.3, -0.25) is 4.79 Å². The van der Waals surface area contributed by atoms with Crippen LogP contribution in [-0.2, 0) is 9.53 Å². The normalized spacial score (nSPS) is 22.9. The lowest BCUT2D eigenvalue weighted by atomic mass is 9.94. The maximum absolute atomic E-state index is 12.3. The van der Waals surface area contributed by atoms with Crippen LogP contribution in [0.4, 0.5) is 4.79 Å². The molecule has 0 radical (unpaired) electrons. The molecule has 110 valence electrons. The molecule has 0 saturated carbocycles. The average Bonchev–Trinajstić information content (AvgIpc) is 2.95. The maximum atomic E-state index is 12.3. The van der Waals surface area contributed by atoms with Gasteiger partial charge in [0.2, 0.25) is 0 Å². The van der Waals surface area contributed by atoms with Crippen LogP contribution in [0.25, 0.3) is 0 Å². The van der Waals surface area contributed by atoms with Gasteiger partial charge in [0.25, 0.3) is 0 Å². The number of amides is 1. The predicted molar refractivity (Wildman–Crippen MR) is 76.0 cm³/mol. The number of hydrogen-bond acceptors (Lipinski definition) is 4. The lowest BCUT2D eigenvalue weighted by molar-refractivity contribution is -0.159. The number of ether oxygens (including phenoxy) is 1. The first kappa shape index (κ1) is 14.8. The molecule has 1 N–H and O–H groups in total. The average molecular weight is 297 g/mol. The lowest BCUT2D eigenvalue weighted by Crippen LogP contribution is -2.32. The summed E-state index contributed by atoms with van der Waals surface area (Å²) < 4.78 is 5.42.